The van der Waals surface area contributed by atoms with Crippen molar-refractivity contribution in [2.45, 2.75) is 25.4 Å². The number of benzene rings is 3. The van der Waals surface area contributed by atoms with Gasteiger partial charge in [0, 0.05) is 18.1 Å². The molecular formula is C25H19F4N3O3. The molecule has 0 radical (unpaired) electrons. The largest absolute Gasteiger partial charge is 0.348 e. The molecule has 0 saturated heterocycles. The number of hydrogen-bond donors (Lipinski definition) is 2. The van der Waals surface area contributed by atoms with Gasteiger partial charge in [0.05, 0.1) is 16.9 Å². The maximum atomic E-state index is 14.4. The second kappa shape index (κ2) is 9.57. The van der Waals surface area contributed by atoms with Crippen molar-refractivity contribution in [3.63, 3.8) is 0 Å². The Hall–Kier alpha value is -4.21. The summed E-state index contributed by atoms with van der Waals surface area (Å²) in [4.78, 5) is 41.8. The second-order valence-corrected chi connectivity index (χ2v) is 8.00. The van der Waals surface area contributed by atoms with Crippen molar-refractivity contribution in [3.05, 3.63) is 116 Å². The standard InChI is InChI=1S/C25H19F4N3O3/c1-13(17-8-6-16(27)12-20(17)29)30-23(33)22(10-14-4-2-3-5-19(14)28)32-24(34)18-11-15(26)7-9-21(18)31-25(32)35/h2-9,11-13,22H,10H2,1H3,(H,30,33)(H,31,35). The molecular weight excluding hydrogens is 466 g/mol. The fourth-order valence-corrected chi connectivity index (χ4v) is 3.90. The molecule has 0 spiro atoms. The number of fused-ring (bicyclic) bond motifs is 1. The minimum atomic E-state index is -1.57. The summed E-state index contributed by atoms with van der Waals surface area (Å²) < 4.78 is 56.3. The Labute approximate surface area is 195 Å². The zero-order chi connectivity index (χ0) is 25.3. The lowest BCUT2D eigenvalue weighted by Crippen LogP contribution is -2.46. The van der Waals surface area contributed by atoms with Crippen LogP contribution in [0.4, 0.5) is 17.6 Å². The predicted molar refractivity (Wildman–Crippen MR) is 121 cm³/mol. The first kappa shape index (κ1) is 23.9. The summed E-state index contributed by atoms with van der Waals surface area (Å²) in [7, 11) is 0. The summed E-state index contributed by atoms with van der Waals surface area (Å²) in [5, 5.41) is 2.31. The van der Waals surface area contributed by atoms with E-state index in [0.29, 0.717) is 10.6 Å². The third-order valence-electron chi connectivity index (χ3n) is 5.66. The summed E-state index contributed by atoms with van der Waals surface area (Å²) in [6, 6.07) is 8.96. The van der Waals surface area contributed by atoms with E-state index < -0.39 is 58.9 Å². The van der Waals surface area contributed by atoms with Gasteiger partial charge in [0.15, 0.2) is 0 Å². The van der Waals surface area contributed by atoms with Crippen LogP contribution in [0.5, 0.6) is 0 Å². The summed E-state index contributed by atoms with van der Waals surface area (Å²) in [5.41, 5.74) is -1.86. The van der Waals surface area contributed by atoms with Crippen molar-refractivity contribution in [1.82, 2.24) is 14.9 Å². The molecule has 180 valence electrons. The highest BCUT2D eigenvalue weighted by Gasteiger charge is 2.28. The molecule has 0 saturated carbocycles. The van der Waals surface area contributed by atoms with Crippen LogP contribution in [0.25, 0.3) is 10.9 Å². The van der Waals surface area contributed by atoms with Gasteiger partial charge in [-0.15, -0.1) is 0 Å². The highest BCUT2D eigenvalue weighted by molar-refractivity contribution is 5.82. The molecule has 2 atom stereocenters. The van der Waals surface area contributed by atoms with Crippen LogP contribution in [0, 0.1) is 23.3 Å². The van der Waals surface area contributed by atoms with Gasteiger partial charge in [-0.05, 0) is 42.8 Å². The molecule has 2 unspecified atom stereocenters. The third kappa shape index (κ3) is 4.86. The van der Waals surface area contributed by atoms with Crippen molar-refractivity contribution in [1.29, 1.82) is 0 Å². The molecule has 35 heavy (non-hydrogen) atoms. The molecule has 10 heteroatoms. The number of carbonyl (C=O) groups excluding carboxylic acids is 1. The van der Waals surface area contributed by atoms with Gasteiger partial charge in [-0.2, -0.15) is 0 Å². The quantitative estimate of drug-likeness (QED) is 0.407. The lowest BCUT2D eigenvalue weighted by Gasteiger charge is -2.22. The number of aromatic nitrogens is 2. The zero-order valence-corrected chi connectivity index (χ0v) is 18.3. The van der Waals surface area contributed by atoms with E-state index in [9.17, 15) is 31.9 Å². The second-order valence-electron chi connectivity index (χ2n) is 8.00. The molecule has 0 bridgehead atoms. The summed E-state index contributed by atoms with van der Waals surface area (Å²) in [5.74, 6) is -4.00. The number of amides is 1. The molecule has 0 fully saturated rings. The molecule has 2 N–H and O–H groups in total. The number of hydrogen-bond acceptors (Lipinski definition) is 3. The monoisotopic (exact) mass is 485 g/mol. The Morgan fingerprint density at radius 3 is 2.34 bits per heavy atom. The smallest absolute Gasteiger partial charge is 0.329 e. The van der Waals surface area contributed by atoms with E-state index in [1.165, 1.54) is 31.2 Å². The molecule has 3 aromatic carbocycles. The fourth-order valence-electron chi connectivity index (χ4n) is 3.90. The molecule has 1 heterocycles. The van der Waals surface area contributed by atoms with Gasteiger partial charge in [-0.25, -0.2) is 26.9 Å². The lowest BCUT2D eigenvalue weighted by atomic mass is 10.0. The maximum Gasteiger partial charge on any atom is 0.329 e. The molecule has 1 aromatic heterocycles. The summed E-state index contributed by atoms with van der Waals surface area (Å²) in [6.07, 6.45) is -0.402. The normalized spacial score (nSPS) is 12.9. The van der Waals surface area contributed by atoms with Gasteiger partial charge in [-0.1, -0.05) is 24.3 Å². The Morgan fingerprint density at radius 2 is 1.63 bits per heavy atom. The first-order valence-corrected chi connectivity index (χ1v) is 10.6. The molecule has 1 amide bonds. The molecule has 0 aliphatic carbocycles. The minimum Gasteiger partial charge on any atom is -0.348 e. The van der Waals surface area contributed by atoms with E-state index in [2.05, 4.69) is 10.3 Å². The van der Waals surface area contributed by atoms with E-state index >= 15 is 0 Å². The van der Waals surface area contributed by atoms with E-state index in [1.54, 1.807) is 0 Å². The Kier molecular flexibility index (Phi) is 6.54. The van der Waals surface area contributed by atoms with E-state index in [0.717, 1.165) is 30.3 Å². The molecule has 4 aromatic rings. The van der Waals surface area contributed by atoms with Gasteiger partial charge in [0.25, 0.3) is 5.56 Å². The lowest BCUT2D eigenvalue weighted by molar-refractivity contribution is -0.125. The van der Waals surface area contributed by atoms with Crippen molar-refractivity contribution in [3.8, 4) is 0 Å². The number of aromatic amines is 1. The highest BCUT2D eigenvalue weighted by Crippen LogP contribution is 2.21. The van der Waals surface area contributed by atoms with Crippen LogP contribution in [-0.4, -0.2) is 15.5 Å². The number of nitrogens with one attached hydrogen (secondary N) is 2. The highest BCUT2D eigenvalue weighted by atomic mass is 19.1. The average molecular weight is 485 g/mol. The first-order chi connectivity index (χ1) is 16.7. The van der Waals surface area contributed by atoms with Crippen LogP contribution < -0.4 is 16.6 Å². The van der Waals surface area contributed by atoms with Crippen LogP contribution in [0.3, 0.4) is 0 Å². The first-order valence-electron chi connectivity index (χ1n) is 10.6. The molecule has 0 aliphatic heterocycles. The summed E-state index contributed by atoms with van der Waals surface area (Å²) in [6.45, 7) is 1.43. The van der Waals surface area contributed by atoms with Gasteiger partial charge < -0.3 is 10.3 Å². The topological polar surface area (TPSA) is 84.0 Å². The average Bonchev–Trinajstić information content (AvgIpc) is 2.80. The van der Waals surface area contributed by atoms with Crippen LogP contribution >= 0.6 is 0 Å². The van der Waals surface area contributed by atoms with Gasteiger partial charge in [-0.3, -0.25) is 9.59 Å². The van der Waals surface area contributed by atoms with Crippen LogP contribution in [-0.2, 0) is 11.2 Å². The van der Waals surface area contributed by atoms with Gasteiger partial charge >= 0.3 is 5.69 Å². The van der Waals surface area contributed by atoms with Crippen molar-refractivity contribution < 1.29 is 22.4 Å². The van der Waals surface area contributed by atoms with Gasteiger partial charge in [0.2, 0.25) is 5.91 Å². The SMILES string of the molecule is CC(NC(=O)C(Cc1ccccc1F)n1c(=O)[nH]c2ccc(F)cc2c1=O)c1ccc(F)cc1F. The number of rotatable bonds is 6. The Bertz CT molecular complexity index is 1550. The maximum absolute atomic E-state index is 14.4. The number of nitrogens with zero attached hydrogens (tertiary/aromatic N) is 1. The van der Waals surface area contributed by atoms with Crippen LogP contribution in [0.15, 0.2) is 70.3 Å². The predicted octanol–water partition coefficient (Wildman–Crippen LogP) is 3.91. The van der Waals surface area contributed by atoms with Crippen molar-refractivity contribution in [2.24, 2.45) is 0 Å². The van der Waals surface area contributed by atoms with E-state index in [-0.39, 0.29) is 22.0 Å². The van der Waals surface area contributed by atoms with Crippen LogP contribution in [0.1, 0.15) is 30.1 Å². The third-order valence-corrected chi connectivity index (χ3v) is 5.66. The Balaban J connectivity index is 1.80. The molecule has 6 nitrogen and oxygen atoms in total. The Morgan fingerprint density at radius 1 is 0.943 bits per heavy atom. The minimum absolute atomic E-state index is 0.0359. The van der Waals surface area contributed by atoms with E-state index in [4.69, 9.17) is 0 Å². The van der Waals surface area contributed by atoms with Crippen LogP contribution in [0.2, 0.25) is 0 Å². The number of H-pyrrole nitrogens is 1. The fraction of sp³-hybridized carbons (Fsp3) is 0.160. The molecule has 0 aliphatic rings. The van der Waals surface area contributed by atoms with Gasteiger partial charge in [0.1, 0.15) is 29.3 Å². The number of halogens is 4. The van der Waals surface area contributed by atoms with Crippen molar-refractivity contribution >= 4 is 16.8 Å². The van der Waals surface area contributed by atoms with Crippen molar-refractivity contribution in [2.75, 3.05) is 0 Å². The summed E-state index contributed by atoms with van der Waals surface area (Å²) >= 11 is 0. The van der Waals surface area contributed by atoms with E-state index in [1.807, 2.05) is 0 Å². The molecule has 4 rings (SSSR count). The number of carbonyl (C=O) groups is 1. The zero-order valence-electron chi connectivity index (χ0n) is 18.3.